The molecule has 0 fully saturated rings. The van der Waals surface area contributed by atoms with Crippen molar-refractivity contribution in [2.24, 2.45) is 7.05 Å². The van der Waals surface area contributed by atoms with Gasteiger partial charge in [0.15, 0.2) is 0 Å². The number of nitrogens with one attached hydrogen (secondary N) is 2. The molecule has 0 saturated heterocycles. The number of benzene rings is 1. The lowest BCUT2D eigenvalue weighted by atomic mass is 10.1. The summed E-state index contributed by atoms with van der Waals surface area (Å²) in [4.78, 5) is -0.401. The van der Waals surface area contributed by atoms with Gasteiger partial charge in [0.2, 0.25) is 5.66 Å². The van der Waals surface area contributed by atoms with Gasteiger partial charge in [-0.15, -0.1) is 0 Å². The van der Waals surface area contributed by atoms with E-state index in [1.54, 1.807) is 19.3 Å². The fourth-order valence-corrected chi connectivity index (χ4v) is 4.51. The Kier molecular flexibility index (Phi) is 4.84. The summed E-state index contributed by atoms with van der Waals surface area (Å²) in [5.41, 5.74) is -1.06. The van der Waals surface area contributed by atoms with E-state index in [4.69, 9.17) is 0 Å². The van der Waals surface area contributed by atoms with Gasteiger partial charge in [0.1, 0.15) is 4.90 Å². The Morgan fingerprint density at radius 3 is 2.61 bits per heavy atom. The third-order valence-corrected chi connectivity index (χ3v) is 6.42. The lowest BCUT2D eigenvalue weighted by molar-refractivity contribution is -0.208. The average Bonchev–Trinajstić information content (AvgIpc) is 3.36. The molecule has 164 valence electrons. The summed E-state index contributed by atoms with van der Waals surface area (Å²) in [6.45, 7) is 1.87. The molecule has 0 saturated carbocycles. The molecule has 2 aromatic heterocycles. The number of sulfonamides is 1. The molecule has 31 heavy (non-hydrogen) atoms. The number of alkyl halides is 3. The van der Waals surface area contributed by atoms with Crippen molar-refractivity contribution in [1.82, 2.24) is 24.9 Å². The average molecular weight is 452 g/mol. The summed E-state index contributed by atoms with van der Waals surface area (Å²) in [5, 5.41) is 10.8. The van der Waals surface area contributed by atoms with Crippen LogP contribution in [0.1, 0.15) is 12.5 Å². The van der Waals surface area contributed by atoms with E-state index >= 15 is 0 Å². The third kappa shape index (κ3) is 3.36. The number of halogens is 3. The topological polar surface area (TPSA) is 93.8 Å². The van der Waals surface area contributed by atoms with Crippen LogP contribution in [0.3, 0.4) is 0 Å². The van der Waals surface area contributed by atoms with E-state index in [9.17, 15) is 21.6 Å². The molecule has 1 aliphatic heterocycles. The van der Waals surface area contributed by atoms with Gasteiger partial charge in [-0.05, 0) is 30.3 Å². The van der Waals surface area contributed by atoms with Gasteiger partial charge in [0.05, 0.1) is 23.6 Å². The van der Waals surface area contributed by atoms with Gasteiger partial charge in [-0.25, -0.2) is 13.1 Å². The summed E-state index contributed by atoms with van der Waals surface area (Å²) in [5.74, 6) is 0. The van der Waals surface area contributed by atoms with Gasteiger partial charge < -0.3 is 5.32 Å². The van der Waals surface area contributed by atoms with Crippen LogP contribution in [0.15, 0.2) is 60.0 Å². The summed E-state index contributed by atoms with van der Waals surface area (Å²) < 4.78 is 72.2. The van der Waals surface area contributed by atoms with Crippen molar-refractivity contribution in [3.8, 4) is 0 Å². The number of aryl methyl sites for hydroxylation is 2. The smallest absolute Gasteiger partial charge is 0.357 e. The fourth-order valence-electron chi connectivity index (χ4n) is 3.47. The predicted octanol–water partition coefficient (Wildman–Crippen LogP) is 3.02. The second-order valence-electron chi connectivity index (χ2n) is 7.01. The van der Waals surface area contributed by atoms with Gasteiger partial charge in [0, 0.05) is 18.6 Å². The molecule has 1 unspecified atom stereocenters. The van der Waals surface area contributed by atoms with Crippen molar-refractivity contribution < 1.29 is 21.6 Å². The highest BCUT2D eigenvalue weighted by molar-refractivity contribution is 7.92. The monoisotopic (exact) mass is 452 g/mol. The zero-order chi connectivity index (χ0) is 22.4. The Bertz CT molecular complexity index is 1310. The first kappa shape index (κ1) is 21.0. The Morgan fingerprint density at radius 1 is 1.19 bits per heavy atom. The minimum Gasteiger partial charge on any atom is -0.357 e. The maximum absolute atomic E-state index is 13.8. The molecular formula is C19H19F3N6O2S. The zero-order valence-corrected chi connectivity index (χ0v) is 17.4. The van der Waals surface area contributed by atoms with Crippen LogP contribution >= 0.6 is 0 Å². The van der Waals surface area contributed by atoms with Crippen LogP contribution in [0.5, 0.6) is 0 Å². The second kappa shape index (κ2) is 7.15. The summed E-state index contributed by atoms with van der Waals surface area (Å²) in [6.07, 6.45) is 3.71. The van der Waals surface area contributed by atoms with Crippen LogP contribution in [0, 0.1) is 0 Å². The molecule has 1 aromatic carbocycles. The highest BCUT2D eigenvalue weighted by Crippen LogP contribution is 2.37. The summed E-state index contributed by atoms with van der Waals surface area (Å²) >= 11 is 0. The van der Waals surface area contributed by atoms with Crippen LogP contribution in [0.2, 0.25) is 0 Å². The lowest BCUT2D eigenvalue weighted by Crippen LogP contribution is -2.56. The molecule has 12 heteroatoms. The first-order valence-electron chi connectivity index (χ1n) is 9.29. The molecule has 3 heterocycles. The van der Waals surface area contributed by atoms with Crippen molar-refractivity contribution in [3.05, 3.63) is 60.7 Å². The quantitative estimate of drug-likeness (QED) is 0.621. The minimum absolute atomic E-state index is 0.330. The number of hydrogen-bond acceptors (Lipinski definition) is 5. The number of rotatable bonds is 5. The molecular weight excluding hydrogens is 433 g/mol. The van der Waals surface area contributed by atoms with Gasteiger partial charge in [-0.3, -0.25) is 9.40 Å². The molecule has 1 atom stereocenters. The van der Waals surface area contributed by atoms with Crippen LogP contribution in [-0.2, 0) is 29.2 Å². The van der Waals surface area contributed by atoms with E-state index in [1.165, 1.54) is 16.8 Å². The van der Waals surface area contributed by atoms with E-state index in [0.29, 0.717) is 22.3 Å². The Morgan fingerprint density at radius 2 is 1.97 bits per heavy atom. The van der Waals surface area contributed by atoms with Crippen molar-refractivity contribution in [1.29, 1.82) is 0 Å². The SMILES string of the molecule is CCc1ccc2cnn(C)c2c1NS(=O)(=O)c1cnn(C2(C(F)(F)F)C=CC=CN2)c1. The first-order chi connectivity index (χ1) is 14.6. The molecule has 1 aliphatic rings. The number of nitrogens with zero attached hydrogens (tertiary/aromatic N) is 4. The van der Waals surface area contributed by atoms with Gasteiger partial charge >= 0.3 is 6.18 Å². The lowest BCUT2D eigenvalue weighted by Gasteiger charge is -2.34. The standard InChI is InChI=1S/C19H19F3N6O2S/c1-3-13-6-7-14-10-24-27(2)17(14)16(13)26-31(29,30)15-11-25-28(12-15)18(19(20,21)22)8-4-5-9-23-18/h4-12,23,26H,3H2,1-2H3. The zero-order valence-electron chi connectivity index (χ0n) is 16.6. The van der Waals surface area contributed by atoms with E-state index in [2.05, 4.69) is 20.2 Å². The maximum atomic E-state index is 13.8. The van der Waals surface area contributed by atoms with Crippen LogP contribution in [0.4, 0.5) is 18.9 Å². The Balaban J connectivity index is 1.77. The highest BCUT2D eigenvalue weighted by atomic mass is 32.2. The minimum atomic E-state index is -4.77. The van der Waals surface area contributed by atoms with Crippen molar-refractivity contribution >= 4 is 26.6 Å². The molecule has 2 N–H and O–H groups in total. The molecule has 0 bridgehead atoms. The van der Waals surface area contributed by atoms with Crippen LogP contribution in [-0.4, -0.2) is 34.2 Å². The number of fused-ring (bicyclic) bond motifs is 1. The maximum Gasteiger partial charge on any atom is 0.436 e. The Labute approximate surface area is 176 Å². The summed E-state index contributed by atoms with van der Waals surface area (Å²) in [6, 6.07) is 3.62. The van der Waals surface area contributed by atoms with Crippen molar-refractivity contribution in [2.75, 3.05) is 4.72 Å². The molecule has 0 radical (unpaired) electrons. The van der Waals surface area contributed by atoms with Crippen LogP contribution in [0.25, 0.3) is 10.9 Å². The first-order valence-corrected chi connectivity index (χ1v) is 10.8. The van der Waals surface area contributed by atoms with Crippen molar-refractivity contribution in [2.45, 2.75) is 30.1 Å². The van der Waals surface area contributed by atoms with Gasteiger partial charge in [-0.2, -0.15) is 23.4 Å². The van der Waals surface area contributed by atoms with Gasteiger partial charge in [-0.1, -0.05) is 25.1 Å². The normalized spacial score (nSPS) is 19.0. The van der Waals surface area contributed by atoms with Crippen LogP contribution < -0.4 is 10.0 Å². The molecule has 0 spiro atoms. The summed E-state index contributed by atoms with van der Waals surface area (Å²) in [7, 11) is -2.55. The second-order valence-corrected chi connectivity index (χ2v) is 8.69. The third-order valence-electron chi connectivity index (χ3n) is 5.12. The van der Waals surface area contributed by atoms with E-state index in [-0.39, 0.29) is 0 Å². The van der Waals surface area contributed by atoms with Gasteiger partial charge in [0.25, 0.3) is 10.0 Å². The largest absolute Gasteiger partial charge is 0.436 e. The number of allylic oxidation sites excluding steroid dienone is 2. The molecule has 0 aliphatic carbocycles. The highest BCUT2D eigenvalue weighted by Gasteiger charge is 2.56. The fraction of sp³-hybridized carbons (Fsp3) is 0.263. The molecule has 0 amide bonds. The van der Waals surface area contributed by atoms with E-state index in [0.717, 1.165) is 35.6 Å². The van der Waals surface area contributed by atoms with E-state index in [1.807, 2.05) is 13.0 Å². The molecule has 8 nitrogen and oxygen atoms in total. The molecule has 4 rings (SSSR count). The Hall–Kier alpha value is -3.28. The van der Waals surface area contributed by atoms with E-state index < -0.39 is 26.8 Å². The molecule has 3 aromatic rings. The van der Waals surface area contributed by atoms with Crippen molar-refractivity contribution in [3.63, 3.8) is 0 Å². The number of aromatic nitrogens is 4. The number of anilines is 1. The number of hydrogen-bond donors (Lipinski definition) is 2. The number of dihydropyridines is 1. The predicted molar refractivity (Wildman–Crippen MR) is 109 cm³/mol.